The fraction of sp³-hybridized carbons (Fsp3) is 0.353. The number of hydrogen-bond acceptors (Lipinski definition) is 2. The van der Waals surface area contributed by atoms with Crippen molar-refractivity contribution in [3.05, 3.63) is 53.3 Å². The summed E-state index contributed by atoms with van der Waals surface area (Å²) in [5, 5.41) is 3.58. The number of hydrogen-bond donors (Lipinski definition) is 1. The Morgan fingerprint density at radius 1 is 1.05 bits per heavy atom. The van der Waals surface area contributed by atoms with E-state index in [1.54, 1.807) is 0 Å². The smallest absolute Gasteiger partial charge is 0.0666 e. The van der Waals surface area contributed by atoms with Crippen molar-refractivity contribution < 1.29 is 0 Å². The van der Waals surface area contributed by atoms with Gasteiger partial charge in [-0.15, -0.1) is 0 Å². The van der Waals surface area contributed by atoms with Crippen molar-refractivity contribution in [2.75, 3.05) is 5.32 Å². The van der Waals surface area contributed by atoms with Crippen molar-refractivity contribution in [3.8, 4) is 0 Å². The van der Waals surface area contributed by atoms with Gasteiger partial charge in [0.05, 0.1) is 11.4 Å². The molecule has 2 heteroatoms. The summed E-state index contributed by atoms with van der Waals surface area (Å²) in [5.41, 5.74) is 6.26. The van der Waals surface area contributed by atoms with Crippen LogP contribution in [0.1, 0.15) is 50.4 Å². The van der Waals surface area contributed by atoms with Crippen molar-refractivity contribution in [2.45, 2.75) is 39.0 Å². The van der Waals surface area contributed by atoms with Crippen LogP contribution in [0.4, 0.5) is 11.4 Å². The number of benzene rings is 1. The first-order valence-electron chi connectivity index (χ1n) is 6.87. The van der Waals surface area contributed by atoms with Gasteiger partial charge in [-0.3, -0.25) is 4.98 Å². The van der Waals surface area contributed by atoms with Gasteiger partial charge < -0.3 is 5.32 Å². The lowest BCUT2D eigenvalue weighted by atomic mass is 9.74. The molecule has 0 fully saturated rings. The third-order valence-corrected chi connectivity index (χ3v) is 4.06. The highest BCUT2D eigenvalue weighted by molar-refractivity contribution is 5.77. The van der Waals surface area contributed by atoms with Gasteiger partial charge in [-0.05, 0) is 29.2 Å². The van der Waals surface area contributed by atoms with E-state index in [9.17, 15) is 0 Å². The molecule has 1 aromatic heterocycles. The SMILES string of the molecule is CC(C)c1nccc2c1Nc1ccccc1C2(C)C. The van der Waals surface area contributed by atoms with Crippen molar-refractivity contribution in [1.82, 2.24) is 4.98 Å². The first-order chi connectivity index (χ1) is 9.01. The monoisotopic (exact) mass is 252 g/mol. The first kappa shape index (κ1) is 12.2. The van der Waals surface area contributed by atoms with Gasteiger partial charge in [-0.25, -0.2) is 0 Å². The number of para-hydroxylation sites is 1. The summed E-state index contributed by atoms with van der Waals surface area (Å²) in [6.07, 6.45) is 1.94. The van der Waals surface area contributed by atoms with Crippen LogP contribution in [0.3, 0.4) is 0 Å². The van der Waals surface area contributed by atoms with Crippen LogP contribution in [-0.4, -0.2) is 4.98 Å². The molecule has 1 aliphatic heterocycles. The molecule has 3 rings (SSSR count). The number of aromatic nitrogens is 1. The zero-order valence-corrected chi connectivity index (χ0v) is 12.0. The third kappa shape index (κ3) is 1.74. The van der Waals surface area contributed by atoms with Crippen LogP contribution in [-0.2, 0) is 5.41 Å². The molecule has 1 aromatic carbocycles. The fourth-order valence-electron chi connectivity index (χ4n) is 2.98. The van der Waals surface area contributed by atoms with Crippen LogP contribution >= 0.6 is 0 Å². The maximum absolute atomic E-state index is 4.57. The summed E-state index contributed by atoms with van der Waals surface area (Å²) in [6, 6.07) is 10.7. The summed E-state index contributed by atoms with van der Waals surface area (Å²) in [5.74, 6) is 0.420. The fourth-order valence-corrected chi connectivity index (χ4v) is 2.98. The van der Waals surface area contributed by atoms with E-state index < -0.39 is 0 Å². The maximum atomic E-state index is 4.57. The minimum atomic E-state index is 0.0176. The van der Waals surface area contributed by atoms with Crippen molar-refractivity contribution in [1.29, 1.82) is 0 Å². The van der Waals surface area contributed by atoms with E-state index in [2.05, 4.69) is 68.3 Å². The molecule has 0 saturated carbocycles. The lowest BCUT2D eigenvalue weighted by Crippen LogP contribution is -2.27. The third-order valence-electron chi connectivity index (χ3n) is 4.06. The van der Waals surface area contributed by atoms with Gasteiger partial charge in [0.2, 0.25) is 0 Å². The summed E-state index contributed by atoms with van der Waals surface area (Å²) in [7, 11) is 0. The summed E-state index contributed by atoms with van der Waals surface area (Å²) in [4.78, 5) is 4.57. The summed E-state index contributed by atoms with van der Waals surface area (Å²) in [6.45, 7) is 8.96. The topological polar surface area (TPSA) is 24.9 Å². The van der Waals surface area contributed by atoms with Gasteiger partial charge >= 0.3 is 0 Å². The number of nitrogens with one attached hydrogen (secondary N) is 1. The molecule has 0 unspecified atom stereocenters. The van der Waals surface area contributed by atoms with Crippen LogP contribution in [0.15, 0.2) is 36.5 Å². The standard InChI is InChI=1S/C17H20N2/c1-11(2)15-16-13(9-10-18-15)17(3,4)12-7-5-6-8-14(12)19-16/h5-11,19H,1-4H3. The average Bonchev–Trinajstić information content (AvgIpc) is 2.38. The molecule has 0 amide bonds. The van der Waals surface area contributed by atoms with E-state index >= 15 is 0 Å². The van der Waals surface area contributed by atoms with Crippen molar-refractivity contribution in [2.24, 2.45) is 0 Å². The van der Waals surface area contributed by atoms with Gasteiger partial charge in [0.1, 0.15) is 0 Å². The Morgan fingerprint density at radius 2 is 1.79 bits per heavy atom. The highest BCUT2D eigenvalue weighted by Crippen LogP contribution is 2.46. The summed E-state index contributed by atoms with van der Waals surface area (Å²) < 4.78 is 0. The van der Waals surface area contributed by atoms with E-state index in [1.807, 2.05) is 6.20 Å². The van der Waals surface area contributed by atoms with E-state index in [0.29, 0.717) is 5.92 Å². The Labute approximate surface area is 114 Å². The molecule has 0 atom stereocenters. The van der Waals surface area contributed by atoms with Gasteiger partial charge in [0.15, 0.2) is 0 Å². The number of fused-ring (bicyclic) bond motifs is 2. The van der Waals surface area contributed by atoms with Gasteiger partial charge in [0.25, 0.3) is 0 Å². The molecule has 19 heavy (non-hydrogen) atoms. The van der Waals surface area contributed by atoms with E-state index in [0.717, 1.165) is 5.69 Å². The Kier molecular flexibility index (Phi) is 2.63. The molecule has 1 N–H and O–H groups in total. The molecule has 1 aliphatic rings. The van der Waals surface area contributed by atoms with E-state index in [4.69, 9.17) is 0 Å². The quantitative estimate of drug-likeness (QED) is 0.803. The number of anilines is 2. The molecule has 98 valence electrons. The second-order valence-electron chi connectivity index (χ2n) is 6.07. The van der Waals surface area contributed by atoms with Gasteiger partial charge in [-0.2, -0.15) is 0 Å². The average molecular weight is 252 g/mol. The molecule has 2 nitrogen and oxygen atoms in total. The molecule has 0 bridgehead atoms. The second-order valence-corrected chi connectivity index (χ2v) is 6.07. The molecule has 2 aromatic rings. The van der Waals surface area contributed by atoms with Crippen LogP contribution in [0.25, 0.3) is 0 Å². The maximum Gasteiger partial charge on any atom is 0.0666 e. The highest BCUT2D eigenvalue weighted by Gasteiger charge is 2.33. The second kappa shape index (κ2) is 4.09. The minimum Gasteiger partial charge on any atom is -0.354 e. The molecule has 0 radical (unpaired) electrons. The lowest BCUT2D eigenvalue weighted by molar-refractivity contribution is 0.632. The Bertz CT molecular complexity index is 627. The van der Waals surface area contributed by atoms with Crippen LogP contribution in [0.5, 0.6) is 0 Å². The molecule has 0 saturated heterocycles. The number of pyridine rings is 1. The zero-order valence-electron chi connectivity index (χ0n) is 12.0. The van der Waals surface area contributed by atoms with Crippen LogP contribution in [0, 0.1) is 0 Å². The van der Waals surface area contributed by atoms with E-state index in [1.165, 1.54) is 22.5 Å². The number of rotatable bonds is 1. The van der Waals surface area contributed by atoms with Gasteiger partial charge in [0, 0.05) is 17.3 Å². The first-order valence-corrected chi connectivity index (χ1v) is 6.87. The molecule has 0 aliphatic carbocycles. The van der Waals surface area contributed by atoms with Crippen LogP contribution < -0.4 is 5.32 Å². The Hall–Kier alpha value is -1.83. The van der Waals surface area contributed by atoms with Crippen molar-refractivity contribution in [3.63, 3.8) is 0 Å². The van der Waals surface area contributed by atoms with E-state index in [-0.39, 0.29) is 5.41 Å². The predicted octanol–water partition coefficient (Wildman–Crippen LogP) is 4.59. The number of nitrogens with zero attached hydrogens (tertiary/aromatic N) is 1. The minimum absolute atomic E-state index is 0.0176. The predicted molar refractivity (Wildman–Crippen MR) is 80.2 cm³/mol. The normalized spacial score (nSPS) is 15.6. The lowest BCUT2D eigenvalue weighted by Gasteiger charge is -2.36. The molecule has 0 spiro atoms. The van der Waals surface area contributed by atoms with Crippen LogP contribution in [0.2, 0.25) is 0 Å². The molecule has 2 heterocycles. The largest absolute Gasteiger partial charge is 0.354 e. The summed E-state index contributed by atoms with van der Waals surface area (Å²) >= 11 is 0. The van der Waals surface area contributed by atoms with Gasteiger partial charge in [-0.1, -0.05) is 45.9 Å². The molecular weight excluding hydrogens is 232 g/mol. The Morgan fingerprint density at radius 3 is 2.53 bits per heavy atom. The highest BCUT2D eigenvalue weighted by atomic mass is 14.9. The zero-order chi connectivity index (χ0) is 13.6. The Balaban J connectivity index is 2.27. The molecular formula is C17H20N2. The van der Waals surface area contributed by atoms with Crippen molar-refractivity contribution >= 4 is 11.4 Å².